The molecule has 2 aliphatic rings. The van der Waals surface area contributed by atoms with Crippen molar-refractivity contribution in [3.8, 4) is 22.3 Å². The number of aryl methyl sites for hydroxylation is 4. The number of hydrogen-bond acceptors (Lipinski definition) is 2. The highest BCUT2D eigenvalue weighted by molar-refractivity contribution is 6.19. The van der Waals surface area contributed by atoms with Crippen LogP contribution in [0.15, 0.2) is 231 Å². The summed E-state index contributed by atoms with van der Waals surface area (Å²) in [6, 6.07) is 88.8. The summed E-state index contributed by atoms with van der Waals surface area (Å²) in [4.78, 5) is 5.08. The number of benzene rings is 12. The summed E-state index contributed by atoms with van der Waals surface area (Å²) in [5.74, 6) is 0. The Balaban J connectivity index is 1.23. The minimum Gasteiger partial charge on any atom is -0.310 e. The number of nitrogens with zero attached hydrogens (tertiary/aromatic N) is 2. The van der Waals surface area contributed by atoms with Gasteiger partial charge in [0.2, 0.25) is 0 Å². The third-order valence-electron chi connectivity index (χ3n) is 18.5. The summed E-state index contributed by atoms with van der Waals surface area (Å²) in [6.07, 6.45) is 0. The van der Waals surface area contributed by atoms with Crippen molar-refractivity contribution in [2.24, 2.45) is 10.8 Å². The van der Waals surface area contributed by atoms with E-state index in [2.05, 4.69) is 310 Å². The fourth-order valence-corrected chi connectivity index (χ4v) is 15.4. The molecule has 0 N–H and O–H groups in total. The first kappa shape index (κ1) is 49.6. The van der Waals surface area contributed by atoms with Crippen LogP contribution in [0.25, 0.3) is 65.3 Å². The molecule has 0 aliphatic heterocycles. The van der Waals surface area contributed by atoms with Gasteiger partial charge in [0.15, 0.2) is 0 Å². The molecule has 0 radical (unpaired) electrons. The van der Waals surface area contributed by atoms with E-state index in [-0.39, 0.29) is 0 Å². The van der Waals surface area contributed by atoms with Crippen molar-refractivity contribution < 1.29 is 0 Å². The standard InChI is InChI=1S/C78H68N2/c1-49-27-37-55(38-28-49)79(56-39-29-50(2)30-40-56)69-47-67-73(63-25-17-15-23-61(63)69)71-59-21-13-11-19-53(59)35-45-65(71)77(67,75(5,6)7)78(76(8,9)10)66-46-36-54-20-12-14-22-60(54)72(66)74-64-26-18-16-24-62(64)70(48-68(74)78)80(57-41-31-51(3)32-42-57)58-43-33-52(4)34-44-58/h11-48H,1-10H3. The molecule has 0 fully saturated rings. The molecular weight excluding hydrogens is 965 g/mol. The molecule has 0 saturated carbocycles. The van der Waals surface area contributed by atoms with Crippen LogP contribution in [0.5, 0.6) is 0 Å². The Kier molecular flexibility index (Phi) is 11.1. The molecule has 0 aromatic heterocycles. The van der Waals surface area contributed by atoms with Gasteiger partial charge in [-0.15, -0.1) is 0 Å². The fraction of sp³-hybridized carbons (Fsp3) is 0.179. The summed E-state index contributed by atoms with van der Waals surface area (Å²) in [5.41, 5.74) is 20.3. The molecule has 0 saturated heterocycles. The molecule has 12 aromatic carbocycles. The molecule has 0 heterocycles. The average Bonchev–Trinajstić information content (AvgIpc) is 2.43. The highest BCUT2D eigenvalue weighted by atomic mass is 15.2. The van der Waals surface area contributed by atoms with Gasteiger partial charge in [-0.2, -0.15) is 0 Å². The summed E-state index contributed by atoms with van der Waals surface area (Å²) >= 11 is 0. The lowest BCUT2D eigenvalue weighted by Gasteiger charge is -2.62. The lowest BCUT2D eigenvalue weighted by atomic mass is 9.39. The van der Waals surface area contributed by atoms with E-state index < -0.39 is 21.7 Å². The second-order valence-electron chi connectivity index (χ2n) is 25.2. The van der Waals surface area contributed by atoms with E-state index in [1.807, 2.05) is 0 Å². The Morgan fingerprint density at radius 2 is 0.525 bits per heavy atom. The van der Waals surface area contributed by atoms with Crippen LogP contribution in [0, 0.1) is 38.5 Å². The quantitative estimate of drug-likeness (QED) is 0.157. The van der Waals surface area contributed by atoms with Crippen molar-refractivity contribution in [3.63, 3.8) is 0 Å². The molecule has 80 heavy (non-hydrogen) atoms. The molecule has 2 aliphatic carbocycles. The van der Waals surface area contributed by atoms with Gasteiger partial charge in [0.05, 0.1) is 11.4 Å². The predicted octanol–water partition coefficient (Wildman–Crippen LogP) is 21.8. The fourth-order valence-electron chi connectivity index (χ4n) is 15.4. The summed E-state index contributed by atoms with van der Waals surface area (Å²) < 4.78 is 0. The van der Waals surface area contributed by atoms with E-state index >= 15 is 0 Å². The number of hydrogen-bond donors (Lipinski definition) is 0. The van der Waals surface area contributed by atoms with Crippen LogP contribution in [-0.4, -0.2) is 0 Å². The van der Waals surface area contributed by atoms with Gasteiger partial charge in [-0.1, -0.05) is 234 Å². The maximum atomic E-state index is 2.68. The van der Waals surface area contributed by atoms with E-state index in [1.54, 1.807) is 0 Å². The molecule has 12 aromatic rings. The van der Waals surface area contributed by atoms with Crippen molar-refractivity contribution >= 4 is 77.2 Å². The van der Waals surface area contributed by atoms with Gasteiger partial charge in [-0.25, -0.2) is 0 Å². The van der Waals surface area contributed by atoms with E-state index in [0.717, 1.165) is 22.7 Å². The molecule has 2 nitrogen and oxygen atoms in total. The Morgan fingerprint density at radius 1 is 0.263 bits per heavy atom. The van der Waals surface area contributed by atoms with Crippen LogP contribution in [0.2, 0.25) is 0 Å². The highest BCUT2D eigenvalue weighted by Gasteiger charge is 2.71. The largest absolute Gasteiger partial charge is 0.310 e. The van der Waals surface area contributed by atoms with Gasteiger partial charge in [-0.05, 0) is 176 Å². The first-order valence-corrected chi connectivity index (χ1v) is 28.7. The van der Waals surface area contributed by atoms with Crippen LogP contribution in [0.4, 0.5) is 34.1 Å². The lowest BCUT2D eigenvalue weighted by Crippen LogP contribution is -2.62. The minimum absolute atomic E-state index is 0.440. The van der Waals surface area contributed by atoms with Gasteiger partial charge in [0.25, 0.3) is 0 Å². The SMILES string of the molecule is Cc1ccc(N(c2ccc(C)cc2)c2cc3c(c4ccccc24)-c2c(ccc4ccccc24)C3(C(C)(C)C)C2(C(C)(C)C)c3ccc4ccccc4c3-c3c2cc(N(c2ccc(C)cc2)c2ccc(C)cc2)c2ccccc32)cc1. The van der Waals surface area contributed by atoms with Crippen molar-refractivity contribution in [2.75, 3.05) is 9.80 Å². The first-order chi connectivity index (χ1) is 38.6. The van der Waals surface area contributed by atoms with Crippen molar-refractivity contribution in [1.82, 2.24) is 0 Å². The zero-order valence-corrected chi connectivity index (χ0v) is 47.8. The summed E-state index contributed by atoms with van der Waals surface area (Å²) in [6.45, 7) is 24.1. The minimum atomic E-state index is -0.737. The summed E-state index contributed by atoms with van der Waals surface area (Å²) in [5, 5.41) is 10.0. The normalized spacial score (nSPS) is 16.5. The Hall–Kier alpha value is -8.72. The molecule has 0 bridgehead atoms. The van der Waals surface area contributed by atoms with Crippen molar-refractivity contribution in [3.05, 3.63) is 275 Å². The summed E-state index contributed by atoms with van der Waals surface area (Å²) in [7, 11) is 0. The van der Waals surface area contributed by atoms with Gasteiger partial charge in [-0.3, -0.25) is 0 Å². The highest BCUT2D eigenvalue weighted by Crippen LogP contribution is 2.77. The maximum absolute atomic E-state index is 2.68. The lowest BCUT2D eigenvalue weighted by molar-refractivity contribution is 0.0596. The van der Waals surface area contributed by atoms with Crippen LogP contribution >= 0.6 is 0 Å². The average molecular weight is 1030 g/mol. The predicted molar refractivity (Wildman–Crippen MR) is 343 cm³/mol. The number of anilines is 6. The van der Waals surface area contributed by atoms with Gasteiger partial charge < -0.3 is 9.80 Å². The van der Waals surface area contributed by atoms with Crippen LogP contribution in [-0.2, 0) is 10.8 Å². The first-order valence-electron chi connectivity index (χ1n) is 28.7. The Bertz CT molecular complexity index is 4070. The van der Waals surface area contributed by atoms with Gasteiger partial charge >= 0.3 is 0 Å². The maximum Gasteiger partial charge on any atom is 0.0543 e. The number of fused-ring (bicyclic) bond motifs is 14. The van der Waals surface area contributed by atoms with Crippen LogP contribution in [0.3, 0.4) is 0 Å². The van der Waals surface area contributed by atoms with Crippen molar-refractivity contribution in [1.29, 1.82) is 0 Å². The molecule has 14 rings (SSSR count). The van der Waals surface area contributed by atoms with Gasteiger partial charge in [0, 0.05) is 44.4 Å². The van der Waals surface area contributed by atoms with Gasteiger partial charge in [0.1, 0.15) is 0 Å². The third kappa shape index (κ3) is 6.90. The monoisotopic (exact) mass is 1030 g/mol. The second kappa shape index (κ2) is 17.9. The zero-order chi connectivity index (χ0) is 55.0. The van der Waals surface area contributed by atoms with Crippen molar-refractivity contribution in [2.45, 2.75) is 80.1 Å². The Morgan fingerprint density at radius 3 is 0.825 bits per heavy atom. The topological polar surface area (TPSA) is 6.48 Å². The smallest absolute Gasteiger partial charge is 0.0543 e. The molecule has 0 spiro atoms. The van der Waals surface area contributed by atoms with Crippen LogP contribution < -0.4 is 9.80 Å². The molecule has 2 atom stereocenters. The molecule has 0 amide bonds. The van der Waals surface area contributed by atoms with E-state index in [1.165, 1.54) is 121 Å². The second-order valence-corrected chi connectivity index (χ2v) is 25.2. The van der Waals surface area contributed by atoms with E-state index in [0.29, 0.717) is 0 Å². The molecular formula is C78H68N2. The molecule has 390 valence electrons. The van der Waals surface area contributed by atoms with E-state index in [4.69, 9.17) is 0 Å². The van der Waals surface area contributed by atoms with E-state index in [9.17, 15) is 0 Å². The molecule has 2 heteroatoms. The zero-order valence-electron chi connectivity index (χ0n) is 47.8. The third-order valence-corrected chi connectivity index (χ3v) is 18.5. The number of rotatable bonds is 7. The Labute approximate surface area is 472 Å². The van der Waals surface area contributed by atoms with Crippen LogP contribution in [0.1, 0.15) is 86.1 Å². The molecule has 2 unspecified atom stereocenters.